The maximum Gasteiger partial charge on any atom is 0.153 e. The minimum Gasteiger partial charge on any atom is -0.497 e. The number of halogens is 1. The van der Waals surface area contributed by atoms with Crippen LogP contribution in [0, 0.1) is 5.82 Å². The summed E-state index contributed by atoms with van der Waals surface area (Å²) in [5.41, 5.74) is 4.57. The van der Waals surface area contributed by atoms with Crippen LogP contribution in [0.4, 0.5) is 4.39 Å². The fourth-order valence-electron chi connectivity index (χ4n) is 2.74. The van der Waals surface area contributed by atoms with Crippen molar-refractivity contribution < 1.29 is 9.13 Å². The Morgan fingerprint density at radius 2 is 1.72 bits per heavy atom. The number of rotatable bonds is 4. The van der Waals surface area contributed by atoms with Crippen LogP contribution in [-0.4, -0.2) is 21.7 Å². The second-order valence-corrected chi connectivity index (χ2v) is 5.79. The van der Waals surface area contributed by atoms with Crippen LogP contribution in [0.5, 0.6) is 5.75 Å². The van der Waals surface area contributed by atoms with Crippen LogP contribution in [-0.2, 0) is 6.42 Å². The van der Waals surface area contributed by atoms with E-state index in [2.05, 4.69) is 10.1 Å². The molecule has 4 rings (SSSR count). The van der Waals surface area contributed by atoms with Gasteiger partial charge in [-0.05, 0) is 54.1 Å². The molecular formula is C20H16FN3O. The Labute approximate surface area is 144 Å². The molecule has 25 heavy (non-hydrogen) atoms. The summed E-state index contributed by atoms with van der Waals surface area (Å²) < 4.78 is 20.0. The molecule has 0 N–H and O–H groups in total. The fraction of sp³-hybridized carbons (Fsp3) is 0.100. The predicted molar refractivity (Wildman–Crippen MR) is 94.2 cm³/mol. The normalized spacial score (nSPS) is 11.0. The molecule has 4 aromatic rings. The first-order valence-electron chi connectivity index (χ1n) is 7.95. The van der Waals surface area contributed by atoms with E-state index in [1.165, 1.54) is 12.1 Å². The number of aromatic nitrogens is 3. The smallest absolute Gasteiger partial charge is 0.153 e. The molecule has 0 fully saturated rings. The first-order valence-corrected chi connectivity index (χ1v) is 7.95. The summed E-state index contributed by atoms with van der Waals surface area (Å²) >= 11 is 0. The molecule has 124 valence electrons. The predicted octanol–water partition coefficient (Wildman–Crippen LogP) is 4.13. The Hall–Kier alpha value is -3.21. The minimum absolute atomic E-state index is 0.232. The Kier molecular flexibility index (Phi) is 3.90. The average Bonchev–Trinajstić information content (AvgIpc) is 3.05. The van der Waals surface area contributed by atoms with Gasteiger partial charge in [-0.2, -0.15) is 5.10 Å². The lowest BCUT2D eigenvalue weighted by atomic mass is 10.1. The molecule has 2 aromatic heterocycles. The lowest BCUT2D eigenvalue weighted by Gasteiger charge is -2.03. The lowest BCUT2D eigenvalue weighted by molar-refractivity contribution is 0.415. The molecule has 0 spiro atoms. The van der Waals surface area contributed by atoms with E-state index in [-0.39, 0.29) is 5.82 Å². The average molecular weight is 333 g/mol. The molecule has 0 saturated heterocycles. The number of fused-ring (bicyclic) bond motifs is 1. The third kappa shape index (κ3) is 3.21. The molecule has 0 aliphatic heterocycles. The van der Waals surface area contributed by atoms with Crippen LogP contribution in [0.15, 0.2) is 66.9 Å². The zero-order valence-corrected chi connectivity index (χ0v) is 13.7. The lowest BCUT2D eigenvalue weighted by Crippen LogP contribution is -1.93. The zero-order chi connectivity index (χ0) is 17.2. The van der Waals surface area contributed by atoms with Crippen molar-refractivity contribution in [2.24, 2.45) is 0 Å². The summed E-state index contributed by atoms with van der Waals surface area (Å²) in [6.45, 7) is 0. The van der Waals surface area contributed by atoms with Gasteiger partial charge in [0.25, 0.3) is 0 Å². The van der Waals surface area contributed by atoms with Gasteiger partial charge in [0.1, 0.15) is 11.6 Å². The number of methoxy groups -OCH3 is 1. The first-order chi connectivity index (χ1) is 12.2. The highest BCUT2D eigenvalue weighted by Gasteiger charge is 2.07. The van der Waals surface area contributed by atoms with Crippen LogP contribution in [0.3, 0.4) is 0 Å². The third-order valence-corrected chi connectivity index (χ3v) is 4.05. The number of hydrogen-bond acceptors (Lipinski definition) is 3. The van der Waals surface area contributed by atoms with Crippen molar-refractivity contribution in [3.63, 3.8) is 0 Å². The van der Waals surface area contributed by atoms with Crippen molar-refractivity contribution in [2.75, 3.05) is 7.11 Å². The minimum atomic E-state index is -0.232. The maximum atomic E-state index is 13.0. The van der Waals surface area contributed by atoms with E-state index in [9.17, 15) is 4.39 Å². The summed E-state index contributed by atoms with van der Waals surface area (Å²) in [7, 11) is 1.65. The van der Waals surface area contributed by atoms with Gasteiger partial charge in [0.05, 0.1) is 24.7 Å². The maximum absolute atomic E-state index is 13.0. The van der Waals surface area contributed by atoms with Gasteiger partial charge in [-0.25, -0.2) is 13.9 Å². The van der Waals surface area contributed by atoms with Gasteiger partial charge in [0.15, 0.2) is 5.65 Å². The molecule has 0 saturated carbocycles. The Bertz CT molecular complexity index is 1010. The van der Waals surface area contributed by atoms with Crippen LogP contribution in [0.2, 0.25) is 0 Å². The van der Waals surface area contributed by atoms with Crippen molar-refractivity contribution in [1.82, 2.24) is 14.6 Å². The molecule has 0 radical (unpaired) electrons. The van der Waals surface area contributed by atoms with E-state index < -0.39 is 0 Å². The summed E-state index contributed by atoms with van der Waals surface area (Å²) in [6, 6.07) is 18.1. The molecule has 2 aromatic carbocycles. The van der Waals surface area contributed by atoms with Gasteiger partial charge in [-0.1, -0.05) is 12.1 Å². The standard InChI is InChI=1S/C20H16FN3O/c1-25-18-8-4-15(5-9-18)19-10-11-20-22-17(13-24(20)23-19)12-14-2-6-16(21)7-3-14/h2-11,13H,12H2,1H3. The van der Waals surface area contributed by atoms with Crippen LogP contribution < -0.4 is 4.74 Å². The monoisotopic (exact) mass is 333 g/mol. The van der Waals surface area contributed by atoms with E-state index in [1.807, 2.05) is 42.6 Å². The van der Waals surface area contributed by atoms with E-state index in [1.54, 1.807) is 23.8 Å². The highest BCUT2D eigenvalue weighted by atomic mass is 19.1. The summed E-state index contributed by atoms with van der Waals surface area (Å²) in [5, 5.41) is 4.63. The summed E-state index contributed by atoms with van der Waals surface area (Å²) in [6.07, 6.45) is 2.55. The molecule has 2 heterocycles. The highest BCUT2D eigenvalue weighted by molar-refractivity contribution is 5.61. The van der Waals surface area contributed by atoms with Gasteiger partial charge in [0.2, 0.25) is 0 Å². The number of ether oxygens (including phenoxy) is 1. The van der Waals surface area contributed by atoms with E-state index in [4.69, 9.17) is 4.74 Å². The quantitative estimate of drug-likeness (QED) is 0.563. The number of nitrogens with zero attached hydrogens (tertiary/aromatic N) is 3. The molecule has 5 heteroatoms. The van der Waals surface area contributed by atoms with Crippen molar-refractivity contribution >= 4 is 5.65 Å². The SMILES string of the molecule is COc1ccc(-c2ccc3nc(Cc4ccc(F)cc4)cn3n2)cc1. The van der Waals surface area contributed by atoms with Gasteiger partial charge in [-0.15, -0.1) is 0 Å². The Morgan fingerprint density at radius 1 is 0.960 bits per heavy atom. The summed E-state index contributed by atoms with van der Waals surface area (Å²) in [5.74, 6) is 0.582. The Balaban J connectivity index is 1.63. The van der Waals surface area contributed by atoms with Gasteiger partial charge >= 0.3 is 0 Å². The molecular weight excluding hydrogens is 317 g/mol. The van der Waals surface area contributed by atoms with Gasteiger partial charge in [-0.3, -0.25) is 0 Å². The van der Waals surface area contributed by atoms with Crippen LogP contribution in [0.1, 0.15) is 11.3 Å². The number of benzene rings is 2. The largest absolute Gasteiger partial charge is 0.497 e. The molecule has 0 amide bonds. The van der Waals surface area contributed by atoms with Crippen molar-refractivity contribution in [1.29, 1.82) is 0 Å². The topological polar surface area (TPSA) is 39.4 Å². The van der Waals surface area contributed by atoms with Crippen LogP contribution >= 0.6 is 0 Å². The van der Waals surface area contributed by atoms with Crippen LogP contribution in [0.25, 0.3) is 16.9 Å². The highest BCUT2D eigenvalue weighted by Crippen LogP contribution is 2.21. The van der Waals surface area contributed by atoms with Crippen molar-refractivity contribution in [3.05, 3.63) is 83.9 Å². The third-order valence-electron chi connectivity index (χ3n) is 4.05. The molecule has 0 aliphatic rings. The molecule has 0 aliphatic carbocycles. The summed E-state index contributed by atoms with van der Waals surface area (Å²) in [4.78, 5) is 4.58. The zero-order valence-electron chi connectivity index (χ0n) is 13.7. The molecule has 0 bridgehead atoms. The Morgan fingerprint density at radius 3 is 2.44 bits per heavy atom. The van der Waals surface area contributed by atoms with Crippen molar-refractivity contribution in [2.45, 2.75) is 6.42 Å². The second kappa shape index (κ2) is 6.36. The molecule has 0 unspecified atom stereocenters. The molecule has 0 atom stereocenters. The van der Waals surface area contributed by atoms with Gasteiger partial charge < -0.3 is 4.74 Å². The van der Waals surface area contributed by atoms with E-state index in [0.29, 0.717) is 6.42 Å². The number of imidazole rings is 1. The van der Waals surface area contributed by atoms with E-state index in [0.717, 1.165) is 33.9 Å². The fourth-order valence-corrected chi connectivity index (χ4v) is 2.74. The second-order valence-electron chi connectivity index (χ2n) is 5.79. The number of hydrogen-bond donors (Lipinski definition) is 0. The first kappa shape index (κ1) is 15.3. The van der Waals surface area contributed by atoms with E-state index >= 15 is 0 Å². The van der Waals surface area contributed by atoms with Crippen molar-refractivity contribution in [3.8, 4) is 17.0 Å². The van der Waals surface area contributed by atoms with Gasteiger partial charge in [0, 0.05) is 12.0 Å². The molecule has 4 nitrogen and oxygen atoms in total.